The molecule has 0 aromatic carbocycles. The Kier molecular flexibility index (Phi) is 5.50. The Morgan fingerprint density at radius 3 is 2.76 bits per heavy atom. The van der Waals surface area contributed by atoms with Gasteiger partial charge in [-0.15, -0.1) is 0 Å². The molecule has 3 nitrogen and oxygen atoms in total. The molecular formula is C18H32N2O. The molecule has 0 amide bonds. The molecule has 1 aliphatic heterocycles. The van der Waals surface area contributed by atoms with Crippen LogP contribution in [-0.4, -0.2) is 23.5 Å². The summed E-state index contributed by atoms with van der Waals surface area (Å²) in [7, 11) is 0. The topological polar surface area (TPSA) is 28.4 Å². The zero-order valence-corrected chi connectivity index (χ0v) is 14.5. The molecule has 0 radical (unpaired) electrons. The molecule has 21 heavy (non-hydrogen) atoms. The minimum absolute atomic E-state index is 0.127. The molecule has 1 unspecified atom stereocenters. The minimum atomic E-state index is 0.127. The fourth-order valence-corrected chi connectivity index (χ4v) is 2.91. The summed E-state index contributed by atoms with van der Waals surface area (Å²) in [5.41, 5.74) is 1.48. The smallest absolute Gasteiger partial charge is 0.118 e. The normalized spacial score (nSPS) is 21.5. The molecule has 2 rings (SSSR count). The van der Waals surface area contributed by atoms with Crippen LogP contribution >= 0.6 is 0 Å². The lowest BCUT2D eigenvalue weighted by Gasteiger charge is -2.19. The summed E-state index contributed by atoms with van der Waals surface area (Å²) in [5, 5.41) is 3.49. The summed E-state index contributed by atoms with van der Waals surface area (Å²) in [4.78, 5) is 2.59. The van der Waals surface area contributed by atoms with E-state index < -0.39 is 0 Å². The molecule has 0 aliphatic carbocycles. The van der Waals surface area contributed by atoms with Crippen molar-refractivity contribution in [3.8, 4) is 0 Å². The summed E-state index contributed by atoms with van der Waals surface area (Å²) in [6, 6.07) is 2.24. The van der Waals surface area contributed by atoms with E-state index in [1.165, 1.54) is 37.9 Å². The van der Waals surface area contributed by atoms with Crippen LogP contribution in [-0.2, 0) is 13.1 Å². The molecular weight excluding hydrogens is 260 g/mol. The van der Waals surface area contributed by atoms with Crippen molar-refractivity contribution in [2.75, 3.05) is 13.1 Å². The molecule has 1 N–H and O–H groups in total. The average molecular weight is 292 g/mol. The van der Waals surface area contributed by atoms with Gasteiger partial charge in [0.15, 0.2) is 0 Å². The van der Waals surface area contributed by atoms with Crippen LogP contribution in [0.25, 0.3) is 0 Å². The second kappa shape index (κ2) is 6.97. The number of rotatable bonds is 4. The monoisotopic (exact) mass is 292 g/mol. The van der Waals surface area contributed by atoms with Gasteiger partial charge in [-0.1, -0.05) is 6.92 Å². The van der Waals surface area contributed by atoms with Crippen molar-refractivity contribution in [1.82, 2.24) is 10.2 Å². The first-order valence-corrected chi connectivity index (χ1v) is 8.39. The first-order chi connectivity index (χ1) is 9.83. The van der Waals surface area contributed by atoms with Crippen LogP contribution in [0.1, 0.15) is 64.0 Å². The van der Waals surface area contributed by atoms with Gasteiger partial charge < -0.3 is 9.73 Å². The number of aryl methyl sites for hydroxylation is 1. The predicted molar refractivity (Wildman–Crippen MR) is 88.3 cm³/mol. The predicted octanol–water partition coefficient (Wildman–Crippen LogP) is 4.10. The van der Waals surface area contributed by atoms with E-state index in [2.05, 4.69) is 50.9 Å². The van der Waals surface area contributed by atoms with E-state index in [4.69, 9.17) is 4.42 Å². The summed E-state index contributed by atoms with van der Waals surface area (Å²) in [5.74, 6) is 3.02. The van der Waals surface area contributed by atoms with Gasteiger partial charge in [0, 0.05) is 17.6 Å². The van der Waals surface area contributed by atoms with Crippen LogP contribution in [0.3, 0.4) is 0 Å². The van der Waals surface area contributed by atoms with E-state index in [1.807, 2.05) is 0 Å². The van der Waals surface area contributed by atoms with E-state index in [1.54, 1.807) is 0 Å². The quantitative estimate of drug-likeness (QED) is 0.905. The Morgan fingerprint density at radius 2 is 2.05 bits per heavy atom. The van der Waals surface area contributed by atoms with Crippen molar-refractivity contribution < 1.29 is 4.42 Å². The van der Waals surface area contributed by atoms with Crippen LogP contribution in [0.5, 0.6) is 0 Å². The van der Waals surface area contributed by atoms with Crippen LogP contribution in [0, 0.1) is 12.8 Å². The lowest BCUT2D eigenvalue weighted by Crippen LogP contribution is -2.34. The Morgan fingerprint density at radius 1 is 1.29 bits per heavy atom. The molecule has 1 fully saturated rings. The highest BCUT2D eigenvalue weighted by molar-refractivity contribution is 5.21. The molecule has 0 bridgehead atoms. The number of hydrogen-bond acceptors (Lipinski definition) is 3. The summed E-state index contributed by atoms with van der Waals surface area (Å²) >= 11 is 0. The van der Waals surface area contributed by atoms with Crippen molar-refractivity contribution in [3.05, 3.63) is 23.2 Å². The van der Waals surface area contributed by atoms with Gasteiger partial charge in [-0.3, -0.25) is 4.90 Å². The standard InChI is InChI=1S/C18H32N2O/c1-14-7-6-9-20(10-8-14)13-16-11-17(21-15(16)2)12-19-18(3,4)5/h11,14,19H,6-10,12-13H2,1-5H3. The molecule has 3 heteroatoms. The number of hydrogen-bond donors (Lipinski definition) is 1. The van der Waals surface area contributed by atoms with E-state index in [0.717, 1.165) is 30.5 Å². The van der Waals surface area contributed by atoms with Crippen LogP contribution < -0.4 is 5.32 Å². The van der Waals surface area contributed by atoms with Gasteiger partial charge in [0.25, 0.3) is 0 Å². The van der Waals surface area contributed by atoms with Gasteiger partial charge in [0.1, 0.15) is 11.5 Å². The number of furan rings is 1. The maximum absolute atomic E-state index is 5.91. The Bertz CT molecular complexity index is 445. The lowest BCUT2D eigenvalue weighted by atomic mass is 10.0. The molecule has 1 aromatic rings. The molecule has 120 valence electrons. The summed E-state index contributed by atoms with van der Waals surface area (Å²) in [6.45, 7) is 15.3. The highest BCUT2D eigenvalue weighted by Crippen LogP contribution is 2.21. The number of nitrogens with zero attached hydrogens (tertiary/aromatic N) is 1. The number of nitrogens with one attached hydrogen (secondary N) is 1. The van der Waals surface area contributed by atoms with Crippen LogP contribution in [0.15, 0.2) is 10.5 Å². The largest absolute Gasteiger partial charge is 0.465 e. The molecule has 1 saturated heterocycles. The molecule has 1 atom stereocenters. The second-order valence-corrected chi connectivity index (χ2v) is 7.71. The highest BCUT2D eigenvalue weighted by atomic mass is 16.3. The second-order valence-electron chi connectivity index (χ2n) is 7.71. The summed E-state index contributed by atoms with van der Waals surface area (Å²) < 4.78 is 5.91. The molecule has 1 aromatic heterocycles. The SMILES string of the molecule is Cc1oc(CNC(C)(C)C)cc1CN1CCCC(C)CC1. The third-order valence-electron chi connectivity index (χ3n) is 4.37. The van der Waals surface area contributed by atoms with Gasteiger partial charge >= 0.3 is 0 Å². The molecule has 0 saturated carbocycles. The third-order valence-corrected chi connectivity index (χ3v) is 4.37. The van der Waals surface area contributed by atoms with E-state index in [-0.39, 0.29) is 5.54 Å². The zero-order chi connectivity index (χ0) is 15.5. The van der Waals surface area contributed by atoms with Crippen molar-refractivity contribution in [3.63, 3.8) is 0 Å². The van der Waals surface area contributed by atoms with Gasteiger partial charge in [0.05, 0.1) is 6.54 Å². The highest BCUT2D eigenvalue weighted by Gasteiger charge is 2.17. The minimum Gasteiger partial charge on any atom is -0.465 e. The van der Waals surface area contributed by atoms with Gasteiger partial charge in [-0.25, -0.2) is 0 Å². The van der Waals surface area contributed by atoms with Crippen molar-refractivity contribution >= 4 is 0 Å². The average Bonchev–Trinajstić information content (AvgIpc) is 2.59. The molecule has 1 aliphatic rings. The first-order valence-electron chi connectivity index (χ1n) is 8.39. The van der Waals surface area contributed by atoms with Crippen molar-refractivity contribution in [2.45, 2.75) is 72.5 Å². The summed E-state index contributed by atoms with van der Waals surface area (Å²) in [6.07, 6.45) is 4.04. The van der Waals surface area contributed by atoms with Crippen LogP contribution in [0.4, 0.5) is 0 Å². The zero-order valence-electron chi connectivity index (χ0n) is 14.5. The maximum Gasteiger partial charge on any atom is 0.118 e. The van der Waals surface area contributed by atoms with Crippen LogP contribution in [0.2, 0.25) is 0 Å². The Labute approximate surface area is 130 Å². The van der Waals surface area contributed by atoms with E-state index >= 15 is 0 Å². The van der Waals surface area contributed by atoms with Gasteiger partial charge in [-0.05, 0) is 72.0 Å². The van der Waals surface area contributed by atoms with Crippen molar-refractivity contribution in [1.29, 1.82) is 0 Å². The van der Waals surface area contributed by atoms with Crippen molar-refractivity contribution in [2.24, 2.45) is 5.92 Å². The first kappa shape index (κ1) is 16.6. The Balaban J connectivity index is 1.92. The third kappa shape index (κ3) is 5.48. The maximum atomic E-state index is 5.91. The van der Waals surface area contributed by atoms with E-state index in [9.17, 15) is 0 Å². The fraction of sp³-hybridized carbons (Fsp3) is 0.778. The lowest BCUT2D eigenvalue weighted by molar-refractivity contribution is 0.272. The Hall–Kier alpha value is -0.800. The van der Waals surface area contributed by atoms with E-state index in [0.29, 0.717) is 0 Å². The fourth-order valence-electron chi connectivity index (χ4n) is 2.91. The molecule has 0 spiro atoms. The van der Waals surface area contributed by atoms with Gasteiger partial charge in [-0.2, -0.15) is 0 Å². The molecule has 2 heterocycles. The number of likely N-dealkylation sites (tertiary alicyclic amines) is 1. The van der Waals surface area contributed by atoms with Gasteiger partial charge in [0.2, 0.25) is 0 Å².